The molecule has 2 heterocycles. The largest absolute Gasteiger partial charge is 0.312 e. The van der Waals surface area contributed by atoms with Crippen molar-refractivity contribution in [2.75, 3.05) is 4.90 Å². The Balaban J connectivity index is 1.78. The number of aromatic nitrogens is 2. The smallest absolute Gasteiger partial charge is 0.279 e. The van der Waals surface area contributed by atoms with Crippen molar-refractivity contribution in [3.8, 4) is 0 Å². The molecular formula is C21H20N4O3. The fourth-order valence-corrected chi connectivity index (χ4v) is 3.85. The Bertz CT molecular complexity index is 1040. The number of carbonyl (C=O) groups excluding carboxylic acids is 1. The first-order valence-corrected chi connectivity index (χ1v) is 9.14. The number of carbonyl (C=O) groups is 1. The summed E-state index contributed by atoms with van der Waals surface area (Å²) in [6.45, 7) is 3.14. The lowest BCUT2D eigenvalue weighted by molar-refractivity contribution is -0.386. The van der Waals surface area contributed by atoms with Gasteiger partial charge in [-0.3, -0.25) is 24.5 Å². The van der Waals surface area contributed by atoms with Gasteiger partial charge in [0.05, 0.1) is 16.3 Å². The Kier molecular flexibility index (Phi) is 4.43. The first-order chi connectivity index (χ1) is 13.5. The molecule has 0 fully saturated rings. The predicted octanol–water partition coefficient (Wildman–Crippen LogP) is 3.87. The number of nitro groups is 1. The van der Waals surface area contributed by atoms with Crippen LogP contribution in [-0.2, 0) is 24.2 Å². The SMILES string of the molecule is Cc1nn(CC(=O)N2c3ccccc3CCc3ccccc32)c(C)c1[N+](=O)[O-]. The molecule has 28 heavy (non-hydrogen) atoms. The molecule has 0 saturated heterocycles. The number of amides is 1. The van der Waals surface area contributed by atoms with Gasteiger partial charge >= 0.3 is 5.69 Å². The summed E-state index contributed by atoms with van der Waals surface area (Å²) >= 11 is 0. The molecule has 1 aromatic heterocycles. The molecule has 3 aromatic rings. The van der Waals surface area contributed by atoms with Crippen LogP contribution in [0.1, 0.15) is 22.5 Å². The summed E-state index contributed by atoms with van der Waals surface area (Å²) in [5.74, 6) is -0.178. The number of hydrogen-bond acceptors (Lipinski definition) is 4. The van der Waals surface area contributed by atoms with Gasteiger partial charge in [-0.25, -0.2) is 0 Å². The van der Waals surface area contributed by atoms with Gasteiger partial charge in [-0.15, -0.1) is 0 Å². The second-order valence-electron chi connectivity index (χ2n) is 6.92. The van der Waals surface area contributed by atoms with Crippen LogP contribution in [0.15, 0.2) is 48.5 Å². The molecule has 1 aliphatic heterocycles. The van der Waals surface area contributed by atoms with E-state index in [4.69, 9.17) is 0 Å². The lowest BCUT2D eigenvalue weighted by Gasteiger charge is -2.25. The predicted molar refractivity (Wildman–Crippen MR) is 106 cm³/mol. The van der Waals surface area contributed by atoms with Crippen molar-refractivity contribution in [3.63, 3.8) is 0 Å². The van der Waals surface area contributed by atoms with Crippen molar-refractivity contribution in [1.29, 1.82) is 0 Å². The molecule has 0 bridgehead atoms. The van der Waals surface area contributed by atoms with Gasteiger partial charge in [-0.2, -0.15) is 5.10 Å². The van der Waals surface area contributed by atoms with Crippen molar-refractivity contribution >= 4 is 23.0 Å². The first kappa shape index (κ1) is 17.9. The number of aryl methyl sites for hydroxylation is 3. The first-order valence-electron chi connectivity index (χ1n) is 9.14. The molecule has 7 nitrogen and oxygen atoms in total. The Hall–Kier alpha value is -3.48. The minimum absolute atomic E-state index is 0.0375. The van der Waals surface area contributed by atoms with Crippen LogP contribution in [0, 0.1) is 24.0 Å². The van der Waals surface area contributed by atoms with Gasteiger partial charge in [0.15, 0.2) is 0 Å². The second kappa shape index (κ2) is 6.92. The van der Waals surface area contributed by atoms with Gasteiger partial charge in [0.25, 0.3) is 5.91 Å². The standard InChI is InChI=1S/C21H20N4O3/c1-14-21(25(27)28)15(2)23(22-14)13-20(26)24-18-9-5-3-7-16(18)11-12-17-8-4-6-10-19(17)24/h3-10H,11-13H2,1-2H3. The summed E-state index contributed by atoms with van der Waals surface area (Å²) in [5.41, 5.74) is 4.57. The molecule has 0 atom stereocenters. The molecule has 4 rings (SSSR count). The maximum absolute atomic E-state index is 13.4. The van der Waals surface area contributed by atoms with E-state index in [1.807, 2.05) is 48.5 Å². The zero-order chi connectivity index (χ0) is 19.8. The zero-order valence-corrected chi connectivity index (χ0v) is 15.8. The Morgan fingerprint density at radius 2 is 1.57 bits per heavy atom. The lowest BCUT2D eigenvalue weighted by atomic mass is 10.0. The Morgan fingerprint density at radius 1 is 1.04 bits per heavy atom. The van der Waals surface area contributed by atoms with Crippen LogP contribution in [-0.4, -0.2) is 20.6 Å². The van der Waals surface area contributed by atoms with E-state index in [1.54, 1.807) is 18.7 Å². The summed E-state index contributed by atoms with van der Waals surface area (Å²) in [7, 11) is 0. The molecule has 0 unspecified atom stereocenters. The molecule has 2 aromatic carbocycles. The maximum Gasteiger partial charge on any atom is 0.312 e. The van der Waals surface area contributed by atoms with E-state index in [1.165, 1.54) is 4.68 Å². The van der Waals surface area contributed by atoms with Crippen LogP contribution in [0.2, 0.25) is 0 Å². The van der Waals surface area contributed by atoms with Crippen LogP contribution >= 0.6 is 0 Å². The number of anilines is 2. The van der Waals surface area contributed by atoms with Crippen LogP contribution < -0.4 is 4.90 Å². The maximum atomic E-state index is 13.4. The van der Waals surface area contributed by atoms with Crippen molar-refractivity contribution in [2.45, 2.75) is 33.2 Å². The van der Waals surface area contributed by atoms with Gasteiger partial charge in [-0.05, 0) is 49.9 Å². The molecule has 0 aliphatic carbocycles. The molecule has 1 aliphatic rings. The normalized spacial score (nSPS) is 12.9. The fourth-order valence-electron chi connectivity index (χ4n) is 3.85. The highest BCUT2D eigenvalue weighted by Crippen LogP contribution is 2.36. The minimum Gasteiger partial charge on any atom is -0.279 e. The molecular weight excluding hydrogens is 356 g/mol. The summed E-state index contributed by atoms with van der Waals surface area (Å²) in [5, 5.41) is 15.5. The number of rotatable bonds is 3. The van der Waals surface area contributed by atoms with Crippen molar-refractivity contribution in [1.82, 2.24) is 9.78 Å². The molecule has 0 spiro atoms. The third-order valence-corrected chi connectivity index (χ3v) is 5.19. The number of fused-ring (bicyclic) bond motifs is 2. The van der Waals surface area contributed by atoms with E-state index in [2.05, 4.69) is 5.10 Å². The van der Waals surface area contributed by atoms with Crippen LogP contribution in [0.4, 0.5) is 17.1 Å². The number of para-hydroxylation sites is 2. The van der Waals surface area contributed by atoms with Gasteiger partial charge in [0.1, 0.15) is 17.9 Å². The number of benzene rings is 2. The van der Waals surface area contributed by atoms with Crippen molar-refractivity contribution in [3.05, 3.63) is 81.2 Å². The third kappa shape index (κ3) is 2.94. The number of hydrogen-bond donors (Lipinski definition) is 0. The molecule has 0 radical (unpaired) electrons. The highest BCUT2D eigenvalue weighted by atomic mass is 16.6. The Morgan fingerprint density at radius 3 is 2.07 bits per heavy atom. The van der Waals surface area contributed by atoms with E-state index in [0.29, 0.717) is 11.4 Å². The van der Waals surface area contributed by atoms with E-state index < -0.39 is 4.92 Å². The van der Waals surface area contributed by atoms with Crippen LogP contribution in [0.5, 0.6) is 0 Å². The van der Waals surface area contributed by atoms with Gasteiger partial charge in [0, 0.05) is 0 Å². The van der Waals surface area contributed by atoms with Gasteiger partial charge < -0.3 is 0 Å². The quantitative estimate of drug-likeness (QED) is 0.513. The van der Waals surface area contributed by atoms with E-state index in [0.717, 1.165) is 35.3 Å². The average molecular weight is 376 g/mol. The lowest BCUT2D eigenvalue weighted by Crippen LogP contribution is -2.31. The topological polar surface area (TPSA) is 81.3 Å². The fraction of sp³-hybridized carbons (Fsp3) is 0.238. The van der Waals surface area contributed by atoms with Gasteiger partial charge in [-0.1, -0.05) is 36.4 Å². The van der Waals surface area contributed by atoms with Crippen LogP contribution in [0.3, 0.4) is 0 Å². The highest BCUT2D eigenvalue weighted by Gasteiger charge is 2.28. The second-order valence-corrected chi connectivity index (χ2v) is 6.92. The molecule has 7 heteroatoms. The van der Waals surface area contributed by atoms with Crippen LogP contribution in [0.25, 0.3) is 0 Å². The van der Waals surface area contributed by atoms with E-state index in [-0.39, 0.29) is 18.1 Å². The van der Waals surface area contributed by atoms with E-state index in [9.17, 15) is 14.9 Å². The van der Waals surface area contributed by atoms with Crippen molar-refractivity contribution < 1.29 is 9.72 Å². The van der Waals surface area contributed by atoms with Gasteiger partial charge in [0.2, 0.25) is 0 Å². The highest BCUT2D eigenvalue weighted by molar-refractivity contribution is 6.02. The van der Waals surface area contributed by atoms with E-state index >= 15 is 0 Å². The summed E-state index contributed by atoms with van der Waals surface area (Å²) in [4.78, 5) is 25.9. The zero-order valence-electron chi connectivity index (χ0n) is 15.8. The molecule has 142 valence electrons. The minimum atomic E-state index is -0.449. The summed E-state index contributed by atoms with van der Waals surface area (Å²) < 4.78 is 1.42. The molecule has 0 saturated carbocycles. The monoisotopic (exact) mass is 376 g/mol. The Labute approximate surface area is 162 Å². The average Bonchev–Trinajstić information content (AvgIpc) is 2.85. The molecule has 1 amide bonds. The third-order valence-electron chi connectivity index (χ3n) is 5.19. The summed E-state index contributed by atoms with van der Waals surface area (Å²) in [6.07, 6.45) is 1.70. The number of nitrogens with zero attached hydrogens (tertiary/aromatic N) is 4. The van der Waals surface area contributed by atoms with Crippen molar-refractivity contribution in [2.24, 2.45) is 0 Å². The molecule has 0 N–H and O–H groups in total. The summed E-state index contributed by atoms with van der Waals surface area (Å²) in [6, 6.07) is 15.7.